The van der Waals surface area contributed by atoms with Gasteiger partial charge in [0.1, 0.15) is 0 Å². The Morgan fingerprint density at radius 3 is 2.74 bits per heavy atom. The van der Waals surface area contributed by atoms with E-state index in [1.165, 1.54) is 11.1 Å². The third-order valence-corrected chi connectivity index (χ3v) is 5.03. The number of hydrogen-bond donors (Lipinski definition) is 1. The number of fused-ring (bicyclic) bond motifs is 1. The van der Waals surface area contributed by atoms with Crippen molar-refractivity contribution in [3.63, 3.8) is 0 Å². The van der Waals surface area contributed by atoms with Crippen molar-refractivity contribution in [1.29, 1.82) is 0 Å². The lowest BCUT2D eigenvalue weighted by atomic mass is 9.65. The van der Waals surface area contributed by atoms with Crippen molar-refractivity contribution < 1.29 is 14.6 Å². The van der Waals surface area contributed by atoms with Crippen LogP contribution in [-0.4, -0.2) is 23.3 Å². The van der Waals surface area contributed by atoms with E-state index in [-0.39, 0.29) is 17.4 Å². The number of rotatable bonds is 8. The highest BCUT2D eigenvalue weighted by Gasteiger charge is 2.40. The van der Waals surface area contributed by atoms with E-state index in [9.17, 15) is 4.79 Å². The summed E-state index contributed by atoms with van der Waals surface area (Å²) in [6.07, 6.45) is 15.2. The Kier molecular flexibility index (Phi) is 5.85. The van der Waals surface area contributed by atoms with Gasteiger partial charge < -0.3 is 9.84 Å². The molecular formula is C20H30O3. The van der Waals surface area contributed by atoms with Crippen LogP contribution in [0.15, 0.2) is 35.5 Å². The summed E-state index contributed by atoms with van der Waals surface area (Å²) in [7, 11) is 0. The molecule has 2 rings (SSSR count). The van der Waals surface area contributed by atoms with Gasteiger partial charge in [0, 0.05) is 13.0 Å². The summed E-state index contributed by atoms with van der Waals surface area (Å²) >= 11 is 0. The van der Waals surface area contributed by atoms with Crippen molar-refractivity contribution in [3.8, 4) is 0 Å². The van der Waals surface area contributed by atoms with Crippen LogP contribution >= 0.6 is 0 Å². The van der Waals surface area contributed by atoms with Gasteiger partial charge in [0.05, 0.1) is 5.60 Å². The van der Waals surface area contributed by atoms with E-state index in [0.717, 1.165) is 45.1 Å². The van der Waals surface area contributed by atoms with E-state index in [0.29, 0.717) is 0 Å². The van der Waals surface area contributed by atoms with E-state index >= 15 is 0 Å². The Bertz CT molecular complexity index is 529. The van der Waals surface area contributed by atoms with Gasteiger partial charge in [0.25, 0.3) is 0 Å². The molecule has 0 fully saturated rings. The number of carboxylic acid groups (broad SMARTS) is 1. The summed E-state index contributed by atoms with van der Waals surface area (Å²) in [5.74, 6) is -0.699. The third kappa shape index (κ3) is 5.07. The molecule has 1 N–H and O–H groups in total. The predicted octanol–water partition coefficient (Wildman–Crippen LogP) is 5.04. The average molecular weight is 318 g/mol. The van der Waals surface area contributed by atoms with Gasteiger partial charge in [0.15, 0.2) is 0 Å². The highest BCUT2D eigenvalue weighted by Crippen LogP contribution is 2.47. The molecule has 0 aromatic heterocycles. The second kappa shape index (κ2) is 7.48. The maximum atomic E-state index is 10.5. The molecule has 0 spiro atoms. The number of allylic oxidation sites excluding steroid dienone is 5. The van der Waals surface area contributed by atoms with E-state index in [1.54, 1.807) is 0 Å². The van der Waals surface area contributed by atoms with Gasteiger partial charge in [-0.2, -0.15) is 0 Å². The third-order valence-electron chi connectivity index (χ3n) is 5.03. The van der Waals surface area contributed by atoms with Crippen LogP contribution in [0.5, 0.6) is 0 Å². The molecule has 128 valence electrons. The predicted molar refractivity (Wildman–Crippen MR) is 93.4 cm³/mol. The first-order valence-electron chi connectivity index (χ1n) is 8.77. The Morgan fingerprint density at radius 1 is 1.26 bits per heavy atom. The van der Waals surface area contributed by atoms with E-state index in [1.807, 2.05) is 0 Å². The lowest BCUT2D eigenvalue weighted by molar-refractivity contribution is -0.137. The Labute approximate surface area is 140 Å². The van der Waals surface area contributed by atoms with Crippen LogP contribution in [0.2, 0.25) is 0 Å². The van der Waals surface area contributed by atoms with Crippen LogP contribution in [-0.2, 0) is 9.53 Å². The van der Waals surface area contributed by atoms with E-state index in [2.05, 4.69) is 45.1 Å². The smallest absolute Gasteiger partial charge is 0.303 e. The van der Waals surface area contributed by atoms with Crippen molar-refractivity contribution in [3.05, 3.63) is 35.5 Å². The van der Waals surface area contributed by atoms with Crippen LogP contribution in [0.1, 0.15) is 65.7 Å². The minimum atomic E-state index is -0.699. The summed E-state index contributed by atoms with van der Waals surface area (Å²) < 4.78 is 6.19. The second-order valence-corrected chi connectivity index (χ2v) is 7.54. The van der Waals surface area contributed by atoms with Crippen molar-refractivity contribution >= 4 is 5.97 Å². The largest absolute Gasteiger partial charge is 0.481 e. The molecule has 0 heterocycles. The minimum absolute atomic E-state index is 0.185. The highest BCUT2D eigenvalue weighted by molar-refractivity contribution is 5.66. The molecule has 0 saturated carbocycles. The first-order valence-corrected chi connectivity index (χ1v) is 8.77. The minimum Gasteiger partial charge on any atom is -0.481 e. The maximum absolute atomic E-state index is 10.5. The molecule has 0 radical (unpaired) electrons. The first kappa shape index (κ1) is 18.0. The second-order valence-electron chi connectivity index (χ2n) is 7.54. The van der Waals surface area contributed by atoms with Crippen molar-refractivity contribution in [2.75, 3.05) is 6.61 Å². The van der Waals surface area contributed by atoms with Gasteiger partial charge in [-0.25, -0.2) is 0 Å². The van der Waals surface area contributed by atoms with Gasteiger partial charge in [-0.1, -0.05) is 49.6 Å². The molecule has 0 aromatic rings. The maximum Gasteiger partial charge on any atom is 0.303 e. The molecule has 0 aliphatic heterocycles. The molecule has 23 heavy (non-hydrogen) atoms. The normalized spacial score (nSPS) is 29.7. The number of carbonyl (C=O) groups is 1. The summed E-state index contributed by atoms with van der Waals surface area (Å²) in [4.78, 5) is 10.5. The molecule has 3 nitrogen and oxygen atoms in total. The molecule has 2 unspecified atom stereocenters. The summed E-state index contributed by atoms with van der Waals surface area (Å²) in [6.45, 7) is 7.42. The Morgan fingerprint density at radius 2 is 2.00 bits per heavy atom. The molecule has 0 saturated heterocycles. The highest BCUT2D eigenvalue weighted by atomic mass is 16.5. The lowest BCUT2D eigenvalue weighted by Crippen LogP contribution is -2.39. The summed E-state index contributed by atoms with van der Waals surface area (Å²) in [5.41, 5.74) is 2.77. The molecule has 3 heteroatoms. The molecule has 2 aliphatic carbocycles. The van der Waals surface area contributed by atoms with E-state index in [4.69, 9.17) is 9.84 Å². The number of carboxylic acids is 1. The van der Waals surface area contributed by atoms with Crippen molar-refractivity contribution in [2.24, 2.45) is 5.41 Å². The number of hydrogen-bond acceptors (Lipinski definition) is 2. The van der Waals surface area contributed by atoms with Gasteiger partial charge in [-0.05, 0) is 50.5 Å². The monoisotopic (exact) mass is 318 g/mol. The van der Waals surface area contributed by atoms with Crippen molar-refractivity contribution in [1.82, 2.24) is 0 Å². The summed E-state index contributed by atoms with van der Waals surface area (Å²) in [5, 5.41) is 8.61. The lowest BCUT2D eigenvalue weighted by Gasteiger charge is -2.43. The standard InChI is InChI=1S/C20H30O3/c1-16-9-11-19(2)15-20(3,12-10-17(19)14-16)23-13-7-5-4-6-8-18(21)22/h9-10,12,14H,4-8,11,13,15H2,1-3H3,(H,21,22). The zero-order valence-electron chi connectivity index (χ0n) is 14.7. The molecular weight excluding hydrogens is 288 g/mol. The zero-order valence-corrected chi connectivity index (χ0v) is 14.7. The van der Waals surface area contributed by atoms with E-state index < -0.39 is 5.97 Å². The molecule has 2 aliphatic rings. The van der Waals surface area contributed by atoms with Gasteiger partial charge in [0.2, 0.25) is 0 Å². The fraction of sp³-hybridized carbons (Fsp3) is 0.650. The van der Waals surface area contributed by atoms with Crippen LogP contribution in [0.4, 0.5) is 0 Å². The van der Waals surface area contributed by atoms with Crippen LogP contribution in [0, 0.1) is 5.41 Å². The number of unbranched alkanes of at least 4 members (excludes halogenated alkanes) is 3. The summed E-state index contributed by atoms with van der Waals surface area (Å²) in [6, 6.07) is 0. The SMILES string of the molecule is CC1=CCC2(C)CC(C)(OCCCCCCC(=O)O)C=CC2=C1. The average Bonchev–Trinajstić information content (AvgIpc) is 2.47. The fourth-order valence-electron chi connectivity index (χ4n) is 3.64. The molecule has 0 aromatic carbocycles. The zero-order chi connectivity index (χ0) is 16.9. The van der Waals surface area contributed by atoms with Crippen LogP contribution in [0.3, 0.4) is 0 Å². The first-order chi connectivity index (χ1) is 10.8. The van der Waals surface area contributed by atoms with Gasteiger partial charge >= 0.3 is 5.97 Å². The van der Waals surface area contributed by atoms with Gasteiger partial charge in [-0.3, -0.25) is 4.79 Å². The van der Waals surface area contributed by atoms with Crippen LogP contribution < -0.4 is 0 Å². The number of aliphatic carboxylic acids is 1. The van der Waals surface area contributed by atoms with Crippen molar-refractivity contribution in [2.45, 2.75) is 71.3 Å². The molecule has 0 amide bonds. The topological polar surface area (TPSA) is 46.5 Å². The van der Waals surface area contributed by atoms with Crippen LogP contribution in [0.25, 0.3) is 0 Å². The Hall–Kier alpha value is -1.35. The number of ether oxygens (including phenoxy) is 1. The molecule has 0 bridgehead atoms. The Balaban J connectivity index is 1.77. The quantitative estimate of drug-likeness (QED) is 0.638. The fourth-order valence-corrected chi connectivity index (χ4v) is 3.64. The van der Waals surface area contributed by atoms with Gasteiger partial charge in [-0.15, -0.1) is 0 Å². The molecule has 2 atom stereocenters.